The van der Waals surface area contributed by atoms with Crippen molar-refractivity contribution < 1.29 is 43.5 Å². The van der Waals surface area contributed by atoms with Crippen molar-refractivity contribution >= 4 is 65.9 Å². The number of nitrogens with one attached hydrogen (secondary N) is 6. The van der Waals surface area contributed by atoms with E-state index in [4.69, 9.17) is 22.3 Å². The van der Waals surface area contributed by atoms with Gasteiger partial charge in [-0.3, -0.25) is 43.3 Å². The Labute approximate surface area is 302 Å². The molecule has 0 radical (unpaired) electrons. The van der Waals surface area contributed by atoms with Gasteiger partial charge in [-0.2, -0.15) is 12.6 Å². The molecule has 13 N–H and O–H groups in total. The van der Waals surface area contributed by atoms with Crippen molar-refractivity contribution in [1.29, 1.82) is 0 Å². The van der Waals surface area contributed by atoms with Crippen LogP contribution in [0.1, 0.15) is 53.4 Å². The van der Waals surface area contributed by atoms with Crippen molar-refractivity contribution in [3.63, 3.8) is 0 Å². The van der Waals surface area contributed by atoms with Crippen molar-refractivity contribution in [2.45, 2.75) is 83.6 Å². The number of nitrogens with zero attached hydrogens (tertiary/aromatic N) is 2. The van der Waals surface area contributed by atoms with Crippen LogP contribution in [-0.2, 0) is 38.4 Å². The second kappa shape index (κ2) is 22.2. The third-order valence-electron chi connectivity index (χ3n) is 7.73. The van der Waals surface area contributed by atoms with Gasteiger partial charge < -0.3 is 59.1 Å². The van der Waals surface area contributed by atoms with Gasteiger partial charge in [0.15, 0.2) is 5.96 Å². The van der Waals surface area contributed by atoms with Crippen molar-refractivity contribution in [3.05, 3.63) is 0 Å². The van der Waals surface area contributed by atoms with Gasteiger partial charge >= 0.3 is 5.97 Å². The number of aliphatic imine (C=N–C) groups is 1. The summed E-state index contributed by atoms with van der Waals surface area (Å²) in [5, 5.41) is 23.4. The summed E-state index contributed by atoms with van der Waals surface area (Å²) in [6, 6.07) is -5.17. The number of rotatable bonds is 21. The summed E-state index contributed by atoms with van der Waals surface area (Å²) in [5.74, 6) is -6.87. The first-order valence-corrected chi connectivity index (χ1v) is 17.2. The van der Waals surface area contributed by atoms with Crippen LogP contribution in [0.25, 0.3) is 0 Å². The predicted molar refractivity (Wildman–Crippen MR) is 189 cm³/mol. The van der Waals surface area contributed by atoms with E-state index in [1.165, 1.54) is 4.90 Å². The lowest BCUT2D eigenvalue weighted by molar-refractivity contribution is -0.139. The first kappa shape index (κ1) is 44.4. The number of nitrogens with two attached hydrogens (primary N) is 3. The number of aliphatic carboxylic acids is 1. The Kier molecular flexibility index (Phi) is 19.3. The molecular formula is C30H53N11O9S. The van der Waals surface area contributed by atoms with E-state index in [-0.39, 0.29) is 31.1 Å². The average molecular weight is 744 g/mol. The molecule has 288 valence electrons. The topological polar surface area (TPSA) is 323 Å². The van der Waals surface area contributed by atoms with E-state index in [1.807, 2.05) is 0 Å². The first-order valence-electron chi connectivity index (χ1n) is 16.6. The second-order valence-electron chi connectivity index (χ2n) is 12.6. The fraction of sp³-hybridized carbons (Fsp3) is 0.700. The lowest BCUT2D eigenvalue weighted by Crippen LogP contribution is -2.59. The molecule has 1 saturated heterocycles. The molecular weight excluding hydrogens is 690 g/mol. The Morgan fingerprint density at radius 3 is 1.98 bits per heavy atom. The van der Waals surface area contributed by atoms with E-state index in [0.29, 0.717) is 19.4 Å². The maximum Gasteiger partial charge on any atom is 0.322 e. The summed E-state index contributed by atoms with van der Waals surface area (Å²) in [5.41, 5.74) is 16.6. The Hall–Kier alpha value is -4.66. The van der Waals surface area contributed by atoms with Gasteiger partial charge in [-0.15, -0.1) is 0 Å². The highest BCUT2D eigenvalue weighted by atomic mass is 32.1. The maximum atomic E-state index is 13.5. The zero-order chi connectivity index (χ0) is 38.8. The Morgan fingerprint density at radius 2 is 1.41 bits per heavy atom. The third-order valence-corrected chi connectivity index (χ3v) is 8.12. The van der Waals surface area contributed by atoms with Crippen LogP contribution in [-0.4, -0.2) is 132 Å². The molecule has 0 saturated carbocycles. The number of hydrogen-bond donors (Lipinski definition) is 11. The number of carboxylic acid groups (broad SMARTS) is 1. The molecule has 0 aromatic heterocycles. The van der Waals surface area contributed by atoms with Gasteiger partial charge in [-0.05, 0) is 37.5 Å². The highest BCUT2D eigenvalue weighted by Crippen LogP contribution is 2.18. The fourth-order valence-electron chi connectivity index (χ4n) is 4.98. The maximum absolute atomic E-state index is 13.5. The van der Waals surface area contributed by atoms with Crippen molar-refractivity contribution in [2.24, 2.45) is 34.0 Å². The van der Waals surface area contributed by atoms with Gasteiger partial charge in [0.2, 0.25) is 41.4 Å². The molecule has 1 heterocycles. The standard InChI is InChI=1S/C30H53N11O9S/c1-15(2)23(27(48)37-11-20(42)35-13-22(44)45)40-28(49)24(16(3)4)39-25(46)18(7-5-9-34-30(32)33)38-21(43)12-36-26(47)19-8-6-10-41(19)29(50)17(31)14-51/h15-19,23-24,51H,5-14,31H2,1-4H3,(H,35,42)(H,36,47)(H,37,48)(H,38,43)(H,39,46)(H,40,49)(H,44,45)(H4,32,33,34)/t17-,18-,19-,23-,24-/m0/s1. The van der Waals surface area contributed by atoms with Crippen LogP contribution in [0.2, 0.25) is 0 Å². The molecule has 0 aromatic carbocycles. The van der Waals surface area contributed by atoms with Gasteiger partial charge in [-0.25, -0.2) is 0 Å². The summed E-state index contributed by atoms with van der Waals surface area (Å²) >= 11 is 4.04. The first-order chi connectivity index (χ1) is 23.9. The molecule has 5 atom stereocenters. The SMILES string of the molecule is CC(C)[C@H](NC(=O)[C@H](CCCN=C(N)N)NC(=O)CNC(=O)[C@@H]1CCCN1C(=O)[C@@H](N)CS)C(=O)N[C@H](C(=O)NCC(=O)NCC(=O)O)C(C)C. The molecule has 51 heavy (non-hydrogen) atoms. The Bertz CT molecular complexity index is 1290. The van der Waals surface area contributed by atoms with E-state index >= 15 is 0 Å². The van der Waals surface area contributed by atoms with Crippen molar-refractivity contribution in [2.75, 3.05) is 38.5 Å². The monoisotopic (exact) mass is 743 g/mol. The molecule has 1 fully saturated rings. The largest absolute Gasteiger partial charge is 0.480 e. The Morgan fingerprint density at radius 1 is 0.824 bits per heavy atom. The number of guanidine groups is 1. The van der Waals surface area contributed by atoms with E-state index in [2.05, 4.69) is 49.5 Å². The molecule has 21 heteroatoms. The summed E-state index contributed by atoms with van der Waals surface area (Å²) in [6.45, 7) is 5.41. The van der Waals surface area contributed by atoms with Crippen molar-refractivity contribution in [1.82, 2.24) is 36.8 Å². The van der Waals surface area contributed by atoms with Crippen LogP contribution < -0.4 is 49.1 Å². The smallest absolute Gasteiger partial charge is 0.322 e. The number of carbonyl (C=O) groups excluding carboxylic acids is 7. The number of hydrogen-bond acceptors (Lipinski definition) is 11. The number of amides is 7. The minimum atomic E-state index is -1.26. The molecule has 1 rings (SSSR count). The molecule has 7 amide bonds. The predicted octanol–water partition coefficient (Wildman–Crippen LogP) is -4.51. The van der Waals surface area contributed by atoms with Crippen LogP contribution in [0.5, 0.6) is 0 Å². The summed E-state index contributed by atoms with van der Waals surface area (Å²) in [4.78, 5) is 106. The molecule has 1 aliphatic rings. The van der Waals surface area contributed by atoms with E-state index < -0.39 is 109 Å². The highest BCUT2D eigenvalue weighted by molar-refractivity contribution is 7.80. The van der Waals surface area contributed by atoms with Gasteiger partial charge in [-0.1, -0.05) is 27.7 Å². The van der Waals surface area contributed by atoms with Gasteiger partial charge in [0.25, 0.3) is 0 Å². The molecule has 1 aliphatic heterocycles. The number of thiol groups is 1. The summed E-state index contributed by atoms with van der Waals surface area (Å²) in [6.07, 6.45) is 1.25. The molecule has 20 nitrogen and oxygen atoms in total. The quantitative estimate of drug-likeness (QED) is 0.0229. The fourth-order valence-corrected chi connectivity index (χ4v) is 5.13. The number of carboxylic acids is 1. The van der Waals surface area contributed by atoms with E-state index in [1.54, 1.807) is 27.7 Å². The van der Waals surface area contributed by atoms with Gasteiger partial charge in [0, 0.05) is 18.8 Å². The molecule has 0 unspecified atom stereocenters. The van der Waals surface area contributed by atoms with E-state index in [9.17, 15) is 38.4 Å². The minimum absolute atomic E-state index is 0.0439. The van der Waals surface area contributed by atoms with Crippen LogP contribution in [0.15, 0.2) is 4.99 Å². The van der Waals surface area contributed by atoms with Crippen LogP contribution in [0.4, 0.5) is 0 Å². The molecule has 0 aliphatic carbocycles. The van der Waals surface area contributed by atoms with E-state index in [0.717, 1.165) is 0 Å². The number of likely N-dealkylation sites (tertiary alicyclic amines) is 1. The second-order valence-corrected chi connectivity index (χ2v) is 13.0. The zero-order valence-corrected chi connectivity index (χ0v) is 30.3. The van der Waals surface area contributed by atoms with Crippen molar-refractivity contribution in [3.8, 4) is 0 Å². The summed E-state index contributed by atoms with van der Waals surface area (Å²) in [7, 11) is 0. The molecule has 0 spiro atoms. The average Bonchev–Trinajstić information content (AvgIpc) is 3.56. The minimum Gasteiger partial charge on any atom is -0.480 e. The highest BCUT2D eigenvalue weighted by Gasteiger charge is 2.36. The van der Waals surface area contributed by atoms with Gasteiger partial charge in [0.05, 0.1) is 19.1 Å². The molecule has 0 bridgehead atoms. The summed E-state index contributed by atoms with van der Waals surface area (Å²) < 4.78 is 0. The normalized spacial score (nSPS) is 16.2. The van der Waals surface area contributed by atoms with Gasteiger partial charge in [0.1, 0.15) is 30.7 Å². The lowest BCUT2D eigenvalue weighted by atomic mass is 9.99. The lowest BCUT2D eigenvalue weighted by Gasteiger charge is -2.28. The van der Waals surface area contributed by atoms with Crippen LogP contribution >= 0.6 is 12.6 Å². The third kappa shape index (κ3) is 15.8. The zero-order valence-electron chi connectivity index (χ0n) is 29.4. The molecule has 0 aromatic rings. The van der Waals surface area contributed by atoms with Crippen LogP contribution in [0, 0.1) is 11.8 Å². The van der Waals surface area contributed by atoms with Crippen LogP contribution in [0.3, 0.4) is 0 Å². The number of carbonyl (C=O) groups is 8. The Balaban J connectivity index is 2.98.